The molecule has 0 spiro atoms. The van der Waals surface area contributed by atoms with Gasteiger partial charge in [-0.25, -0.2) is 14.6 Å². The van der Waals surface area contributed by atoms with E-state index in [0.29, 0.717) is 26.1 Å². The lowest BCUT2D eigenvalue weighted by Crippen LogP contribution is -2.43. The van der Waals surface area contributed by atoms with Gasteiger partial charge in [0.1, 0.15) is 11.4 Å². The molecular weight excluding hydrogens is 460 g/mol. The molecule has 1 aromatic carbocycles. The van der Waals surface area contributed by atoms with Gasteiger partial charge in [0.05, 0.1) is 13.2 Å². The van der Waals surface area contributed by atoms with Crippen molar-refractivity contribution < 1.29 is 28.5 Å². The normalized spacial score (nSPS) is 19.8. The van der Waals surface area contributed by atoms with Crippen LogP contribution >= 0.6 is 11.3 Å². The first kappa shape index (κ1) is 25.6. The zero-order valence-corrected chi connectivity index (χ0v) is 20.6. The van der Waals surface area contributed by atoms with Crippen molar-refractivity contribution in [3.05, 3.63) is 41.4 Å². The Kier molecular flexibility index (Phi) is 8.94. The highest BCUT2D eigenvalue weighted by Gasteiger charge is 2.42. The Labute approximate surface area is 203 Å². The number of nitrogens with zero attached hydrogens (tertiary/aromatic N) is 1. The first-order chi connectivity index (χ1) is 16.2. The van der Waals surface area contributed by atoms with Crippen LogP contribution in [0.15, 0.2) is 35.8 Å². The lowest BCUT2D eigenvalue weighted by atomic mass is 10.0. The van der Waals surface area contributed by atoms with Crippen molar-refractivity contribution in [2.24, 2.45) is 0 Å². The van der Waals surface area contributed by atoms with Crippen LogP contribution in [-0.4, -0.2) is 67.8 Å². The second-order valence-corrected chi connectivity index (χ2v) is 9.64. The number of nitrogens with one attached hydrogen (secondary N) is 3. The zero-order valence-electron chi connectivity index (χ0n) is 19.8. The van der Waals surface area contributed by atoms with Gasteiger partial charge >= 0.3 is 12.2 Å². The molecule has 1 aliphatic heterocycles. The summed E-state index contributed by atoms with van der Waals surface area (Å²) in [5.74, 6) is 0.757. The molecule has 1 fully saturated rings. The number of hydrogen-bond donors (Lipinski definition) is 3. The third-order valence-corrected chi connectivity index (χ3v) is 5.67. The molecule has 34 heavy (non-hydrogen) atoms. The number of carbonyl (C=O) groups excluding carboxylic acids is 2. The molecule has 0 bridgehead atoms. The standard InChI is InChI=1S/C23H32N4O6S/c1-23(2,3)33-22(29)31-18-14-27-17(13-15-5-7-16(30-4)8-6-15)19(18)32-21(28)26-10-9-24-20-25-11-12-34-20/h5-8,11-12,17-19,27H,9-10,13-14H2,1-4H3,(H,24,25)(H,26,28)/t17-,18+,19+/m1/s1. The smallest absolute Gasteiger partial charge is 0.497 e. The van der Waals surface area contributed by atoms with Gasteiger partial charge in [-0.1, -0.05) is 12.1 Å². The van der Waals surface area contributed by atoms with Crippen LogP contribution in [0.25, 0.3) is 0 Å². The molecule has 10 nitrogen and oxygen atoms in total. The van der Waals surface area contributed by atoms with E-state index in [1.165, 1.54) is 11.3 Å². The van der Waals surface area contributed by atoms with Crippen LogP contribution in [0, 0.1) is 0 Å². The zero-order chi connectivity index (χ0) is 24.6. The van der Waals surface area contributed by atoms with Gasteiger partial charge in [0.25, 0.3) is 0 Å². The van der Waals surface area contributed by atoms with Crippen LogP contribution < -0.4 is 20.7 Å². The van der Waals surface area contributed by atoms with Gasteiger partial charge in [-0.15, -0.1) is 11.3 Å². The highest BCUT2D eigenvalue weighted by atomic mass is 32.1. The Morgan fingerprint density at radius 3 is 2.59 bits per heavy atom. The van der Waals surface area contributed by atoms with Gasteiger partial charge in [0.2, 0.25) is 0 Å². The van der Waals surface area contributed by atoms with Gasteiger partial charge in [0, 0.05) is 31.2 Å². The number of benzene rings is 1. The van der Waals surface area contributed by atoms with E-state index in [2.05, 4.69) is 20.9 Å². The predicted octanol–water partition coefficient (Wildman–Crippen LogP) is 3.19. The van der Waals surface area contributed by atoms with Crippen molar-refractivity contribution in [3.63, 3.8) is 0 Å². The van der Waals surface area contributed by atoms with E-state index in [-0.39, 0.29) is 6.04 Å². The Balaban J connectivity index is 1.59. The summed E-state index contributed by atoms with van der Waals surface area (Å²) in [5, 5.41) is 11.8. The number of thiazole rings is 1. The number of rotatable bonds is 9. The van der Waals surface area contributed by atoms with Gasteiger partial charge in [-0.3, -0.25) is 0 Å². The fourth-order valence-corrected chi connectivity index (χ4v) is 3.99. The summed E-state index contributed by atoms with van der Waals surface area (Å²) in [6.07, 6.45) is -0.492. The molecule has 186 valence electrons. The van der Waals surface area contributed by atoms with E-state index in [0.717, 1.165) is 16.4 Å². The molecule has 3 rings (SSSR count). The molecule has 2 aromatic rings. The van der Waals surface area contributed by atoms with Crippen LogP contribution in [0.5, 0.6) is 5.75 Å². The third kappa shape index (κ3) is 8.07. The van der Waals surface area contributed by atoms with Crippen molar-refractivity contribution in [2.75, 3.05) is 32.1 Å². The fourth-order valence-electron chi connectivity index (χ4n) is 3.44. The number of methoxy groups -OCH3 is 1. The van der Waals surface area contributed by atoms with E-state index < -0.39 is 30.1 Å². The van der Waals surface area contributed by atoms with E-state index in [9.17, 15) is 9.59 Å². The molecule has 0 aliphatic carbocycles. The number of alkyl carbamates (subject to hydrolysis) is 1. The summed E-state index contributed by atoms with van der Waals surface area (Å²) < 4.78 is 21.7. The highest BCUT2D eigenvalue weighted by molar-refractivity contribution is 7.13. The average Bonchev–Trinajstić information content (AvgIpc) is 3.42. The minimum atomic E-state index is -0.800. The highest BCUT2D eigenvalue weighted by Crippen LogP contribution is 2.22. The number of anilines is 1. The first-order valence-electron chi connectivity index (χ1n) is 11.1. The monoisotopic (exact) mass is 492 g/mol. The van der Waals surface area contributed by atoms with Gasteiger partial charge in [-0.05, 0) is 44.9 Å². The molecule has 3 atom stereocenters. The van der Waals surface area contributed by atoms with Crippen molar-refractivity contribution in [2.45, 2.75) is 51.0 Å². The molecule has 0 saturated carbocycles. The second-order valence-electron chi connectivity index (χ2n) is 8.75. The Morgan fingerprint density at radius 1 is 1.18 bits per heavy atom. The maximum Gasteiger partial charge on any atom is 0.509 e. The molecular formula is C23H32N4O6S. The molecule has 1 saturated heterocycles. The van der Waals surface area contributed by atoms with Crippen molar-refractivity contribution >= 4 is 28.7 Å². The molecule has 0 unspecified atom stereocenters. The predicted molar refractivity (Wildman–Crippen MR) is 128 cm³/mol. The van der Waals surface area contributed by atoms with Crippen molar-refractivity contribution in [1.29, 1.82) is 0 Å². The lowest BCUT2D eigenvalue weighted by molar-refractivity contribution is -0.0517. The number of amides is 1. The fraction of sp³-hybridized carbons (Fsp3) is 0.522. The van der Waals surface area contributed by atoms with Crippen molar-refractivity contribution in [1.82, 2.24) is 15.6 Å². The summed E-state index contributed by atoms with van der Waals surface area (Å²) in [6.45, 7) is 6.46. The topological polar surface area (TPSA) is 120 Å². The van der Waals surface area contributed by atoms with E-state index >= 15 is 0 Å². The van der Waals surface area contributed by atoms with Crippen LogP contribution in [0.2, 0.25) is 0 Å². The van der Waals surface area contributed by atoms with E-state index in [1.54, 1.807) is 34.1 Å². The maximum absolute atomic E-state index is 12.5. The lowest BCUT2D eigenvalue weighted by Gasteiger charge is -2.26. The Bertz CT molecular complexity index is 917. The minimum absolute atomic E-state index is 0.250. The number of ether oxygens (including phenoxy) is 4. The molecule has 1 aliphatic rings. The van der Waals surface area contributed by atoms with Crippen LogP contribution in [-0.2, 0) is 20.6 Å². The summed E-state index contributed by atoms with van der Waals surface area (Å²) >= 11 is 1.48. The maximum atomic E-state index is 12.5. The first-order valence-corrected chi connectivity index (χ1v) is 12.0. The number of carbonyl (C=O) groups is 2. The summed E-state index contributed by atoms with van der Waals surface area (Å²) in [4.78, 5) is 28.9. The SMILES string of the molecule is COc1ccc(C[C@H]2NC[C@H](OC(=O)OC(C)(C)C)[C@H]2OC(=O)NCCNc2nccs2)cc1. The molecule has 2 heterocycles. The number of aromatic nitrogens is 1. The largest absolute Gasteiger partial charge is 0.509 e. The Morgan fingerprint density at radius 2 is 1.94 bits per heavy atom. The average molecular weight is 493 g/mol. The molecule has 1 amide bonds. The Hall–Kier alpha value is -3.05. The second kappa shape index (κ2) is 11.9. The van der Waals surface area contributed by atoms with Crippen LogP contribution in [0.1, 0.15) is 26.3 Å². The van der Waals surface area contributed by atoms with E-state index in [1.807, 2.05) is 29.6 Å². The molecule has 0 radical (unpaired) electrons. The summed E-state index contributed by atoms with van der Waals surface area (Å²) in [5.41, 5.74) is 0.335. The van der Waals surface area contributed by atoms with Gasteiger partial charge in [-0.2, -0.15) is 0 Å². The van der Waals surface area contributed by atoms with E-state index in [4.69, 9.17) is 18.9 Å². The molecule has 11 heteroatoms. The molecule has 3 N–H and O–H groups in total. The van der Waals surface area contributed by atoms with Crippen molar-refractivity contribution in [3.8, 4) is 5.75 Å². The van der Waals surface area contributed by atoms with Gasteiger partial charge in [0.15, 0.2) is 17.3 Å². The summed E-state index contributed by atoms with van der Waals surface area (Å²) in [6, 6.07) is 7.39. The molecule has 1 aromatic heterocycles. The minimum Gasteiger partial charge on any atom is -0.497 e. The number of hydrogen-bond acceptors (Lipinski definition) is 10. The summed E-state index contributed by atoms with van der Waals surface area (Å²) in [7, 11) is 1.61. The van der Waals surface area contributed by atoms with Gasteiger partial charge < -0.3 is 34.9 Å². The van der Waals surface area contributed by atoms with Crippen LogP contribution in [0.4, 0.5) is 14.7 Å². The third-order valence-electron chi connectivity index (χ3n) is 4.94. The quantitative estimate of drug-likeness (QED) is 0.358. The van der Waals surface area contributed by atoms with Crippen LogP contribution in [0.3, 0.4) is 0 Å².